The standard InChI is InChI=1S/C12H19N5O9P2/c1-16(2)11-10-12(14-5-13-11)17(6-15-10)9-3-7(26-28(21,22)23)8(25-9)4-24-27(18,19)20/h5-9H,3-4H2,1-2H3,(H2,18,19,20)(H2,21,22,23). The maximum absolute atomic E-state index is 11.2. The van der Waals surface area contributed by atoms with Crippen molar-refractivity contribution in [2.45, 2.75) is 24.9 Å². The monoisotopic (exact) mass is 439 g/mol. The maximum Gasteiger partial charge on any atom is 0.469 e. The number of imidazole rings is 1. The number of phosphoric acid groups is 2. The zero-order chi connectivity index (χ0) is 20.7. The van der Waals surface area contributed by atoms with Gasteiger partial charge < -0.3 is 29.2 Å². The topological polar surface area (TPSA) is 190 Å². The van der Waals surface area contributed by atoms with Crippen molar-refractivity contribution in [1.82, 2.24) is 19.5 Å². The van der Waals surface area contributed by atoms with Gasteiger partial charge in [-0.05, 0) is 0 Å². The molecule has 3 rings (SSSR count). The van der Waals surface area contributed by atoms with E-state index < -0.39 is 40.7 Å². The van der Waals surface area contributed by atoms with Crippen LogP contribution in [0.25, 0.3) is 11.2 Å². The summed E-state index contributed by atoms with van der Waals surface area (Å²) in [7, 11) is -6.12. The number of aromatic nitrogens is 4. The average molecular weight is 439 g/mol. The first kappa shape index (κ1) is 21.2. The lowest BCUT2D eigenvalue weighted by molar-refractivity contribution is -0.0417. The largest absolute Gasteiger partial charge is 0.469 e. The van der Waals surface area contributed by atoms with E-state index in [0.29, 0.717) is 17.0 Å². The van der Waals surface area contributed by atoms with E-state index in [-0.39, 0.29) is 6.42 Å². The van der Waals surface area contributed by atoms with Crippen LogP contribution < -0.4 is 4.90 Å². The third-order valence-electron chi connectivity index (χ3n) is 3.93. The van der Waals surface area contributed by atoms with Gasteiger partial charge in [0.05, 0.1) is 12.9 Å². The Morgan fingerprint density at radius 3 is 2.54 bits per heavy atom. The maximum atomic E-state index is 11.2. The molecule has 4 N–H and O–H groups in total. The van der Waals surface area contributed by atoms with Gasteiger partial charge in [0.2, 0.25) is 0 Å². The van der Waals surface area contributed by atoms with E-state index in [4.69, 9.17) is 28.8 Å². The van der Waals surface area contributed by atoms with Gasteiger partial charge in [0, 0.05) is 20.5 Å². The van der Waals surface area contributed by atoms with Crippen molar-refractivity contribution in [1.29, 1.82) is 0 Å². The van der Waals surface area contributed by atoms with E-state index >= 15 is 0 Å². The lowest BCUT2D eigenvalue weighted by Crippen LogP contribution is -2.28. The van der Waals surface area contributed by atoms with Crippen molar-refractivity contribution in [3.8, 4) is 0 Å². The van der Waals surface area contributed by atoms with Gasteiger partial charge in [-0.25, -0.2) is 24.1 Å². The van der Waals surface area contributed by atoms with Crippen LogP contribution in [0.15, 0.2) is 12.7 Å². The number of fused-ring (bicyclic) bond motifs is 1. The molecule has 0 saturated carbocycles. The molecule has 0 radical (unpaired) electrons. The Bertz CT molecular complexity index is 941. The molecule has 2 aromatic rings. The summed E-state index contributed by atoms with van der Waals surface area (Å²) in [5.41, 5.74) is 0.897. The summed E-state index contributed by atoms with van der Waals surface area (Å²) in [5.74, 6) is 0.561. The Balaban J connectivity index is 1.88. The van der Waals surface area contributed by atoms with Crippen LogP contribution in [0.2, 0.25) is 0 Å². The van der Waals surface area contributed by atoms with Gasteiger partial charge >= 0.3 is 15.6 Å². The normalized spacial score (nSPS) is 23.4. The summed E-state index contributed by atoms with van der Waals surface area (Å²) >= 11 is 0. The summed E-state index contributed by atoms with van der Waals surface area (Å²) in [6.45, 7) is -0.629. The SMILES string of the molecule is CN(C)c1ncnc2c1ncn2C1CC(OP(=O)(O)O)C(COP(=O)(O)O)O1. The highest BCUT2D eigenvalue weighted by Crippen LogP contribution is 2.45. The quantitative estimate of drug-likeness (QED) is 0.414. The number of hydrogen-bond donors (Lipinski definition) is 4. The van der Waals surface area contributed by atoms with Crippen LogP contribution in [0.4, 0.5) is 5.82 Å². The Morgan fingerprint density at radius 2 is 1.93 bits per heavy atom. The molecule has 0 aromatic carbocycles. The Morgan fingerprint density at radius 1 is 1.21 bits per heavy atom. The molecule has 28 heavy (non-hydrogen) atoms. The predicted molar refractivity (Wildman–Crippen MR) is 93.1 cm³/mol. The zero-order valence-electron chi connectivity index (χ0n) is 14.8. The fourth-order valence-electron chi connectivity index (χ4n) is 2.86. The molecule has 1 aliphatic rings. The molecule has 1 saturated heterocycles. The van der Waals surface area contributed by atoms with Crippen LogP contribution in [0.1, 0.15) is 12.6 Å². The molecule has 2 aromatic heterocycles. The number of nitrogens with zero attached hydrogens (tertiary/aromatic N) is 5. The summed E-state index contributed by atoms with van der Waals surface area (Å²) in [6, 6.07) is 0. The van der Waals surface area contributed by atoms with Gasteiger partial charge in [-0.2, -0.15) is 0 Å². The summed E-state index contributed by atoms with van der Waals surface area (Å²) in [6.07, 6.45) is -0.396. The molecule has 3 atom stereocenters. The average Bonchev–Trinajstić information content (AvgIpc) is 3.14. The molecule has 156 valence electrons. The molecule has 14 nitrogen and oxygen atoms in total. The van der Waals surface area contributed by atoms with Gasteiger partial charge in [-0.15, -0.1) is 0 Å². The predicted octanol–water partition coefficient (Wildman–Crippen LogP) is -0.233. The van der Waals surface area contributed by atoms with E-state index in [1.807, 2.05) is 0 Å². The van der Waals surface area contributed by atoms with Crippen molar-refractivity contribution in [3.05, 3.63) is 12.7 Å². The van der Waals surface area contributed by atoms with Crippen LogP contribution in [0, 0.1) is 0 Å². The fraction of sp³-hybridized carbons (Fsp3) is 0.583. The molecular formula is C12H19N5O9P2. The minimum absolute atomic E-state index is 0.0347. The molecule has 1 aliphatic heterocycles. The van der Waals surface area contributed by atoms with Gasteiger partial charge in [0.1, 0.15) is 24.8 Å². The van der Waals surface area contributed by atoms with Crippen LogP contribution in [-0.4, -0.2) is 72.0 Å². The second-order valence-electron chi connectivity index (χ2n) is 6.20. The van der Waals surface area contributed by atoms with Gasteiger partial charge in [-0.3, -0.25) is 13.6 Å². The minimum Gasteiger partial charge on any atom is -0.361 e. The molecule has 3 unspecified atom stereocenters. The third kappa shape index (κ3) is 4.92. The van der Waals surface area contributed by atoms with Crippen molar-refractivity contribution >= 4 is 32.6 Å². The van der Waals surface area contributed by atoms with E-state index in [1.54, 1.807) is 19.0 Å². The molecule has 0 spiro atoms. The van der Waals surface area contributed by atoms with Crippen LogP contribution >= 0.6 is 15.6 Å². The Labute approximate surface area is 158 Å². The van der Waals surface area contributed by atoms with E-state index in [1.165, 1.54) is 17.2 Å². The molecule has 0 bridgehead atoms. The summed E-state index contributed by atoms with van der Waals surface area (Å²) < 4.78 is 38.5. The smallest absolute Gasteiger partial charge is 0.361 e. The van der Waals surface area contributed by atoms with Crippen molar-refractivity contribution in [2.24, 2.45) is 0 Å². The minimum atomic E-state index is -4.88. The van der Waals surface area contributed by atoms with E-state index in [2.05, 4.69) is 19.5 Å². The Kier molecular flexibility index (Phi) is 5.88. The first-order valence-corrected chi connectivity index (χ1v) is 10.9. The second-order valence-corrected chi connectivity index (χ2v) is 8.63. The lowest BCUT2D eigenvalue weighted by Gasteiger charge is -2.19. The highest BCUT2D eigenvalue weighted by Gasteiger charge is 2.42. The lowest BCUT2D eigenvalue weighted by atomic mass is 10.2. The number of ether oxygens (including phenoxy) is 1. The molecule has 0 amide bonds. The second kappa shape index (κ2) is 7.75. The molecule has 16 heteroatoms. The molecule has 1 fully saturated rings. The van der Waals surface area contributed by atoms with Crippen molar-refractivity contribution in [3.63, 3.8) is 0 Å². The van der Waals surface area contributed by atoms with E-state index in [9.17, 15) is 9.13 Å². The third-order valence-corrected chi connectivity index (χ3v) is 4.96. The van der Waals surface area contributed by atoms with Gasteiger partial charge in [-0.1, -0.05) is 0 Å². The van der Waals surface area contributed by atoms with Crippen molar-refractivity contribution < 1.29 is 42.5 Å². The number of hydrogen-bond acceptors (Lipinski definition) is 9. The fourth-order valence-corrected chi connectivity index (χ4v) is 3.77. The Hall–Kier alpha value is -1.47. The van der Waals surface area contributed by atoms with Gasteiger partial charge in [0.15, 0.2) is 17.0 Å². The summed E-state index contributed by atoms with van der Waals surface area (Å²) in [5, 5.41) is 0. The first-order valence-electron chi connectivity index (χ1n) is 7.89. The number of anilines is 1. The number of phosphoric ester groups is 2. The number of rotatable bonds is 7. The van der Waals surface area contributed by atoms with Crippen molar-refractivity contribution in [2.75, 3.05) is 25.6 Å². The van der Waals surface area contributed by atoms with Crippen LogP contribution in [0.5, 0.6) is 0 Å². The first-order chi connectivity index (χ1) is 12.9. The highest BCUT2D eigenvalue weighted by molar-refractivity contribution is 7.46. The molecule has 0 aliphatic carbocycles. The van der Waals surface area contributed by atoms with Crippen LogP contribution in [0.3, 0.4) is 0 Å². The van der Waals surface area contributed by atoms with E-state index in [0.717, 1.165) is 0 Å². The molecular weight excluding hydrogens is 420 g/mol. The highest BCUT2D eigenvalue weighted by atomic mass is 31.2. The van der Waals surface area contributed by atoms with Gasteiger partial charge in [0.25, 0.3) is 0 Å². The summed E-state index contributed by atoms with van der Waals surface area (Å²) in [4.78, 5) is 50.3. The van der Waals surface area contributed by atoms with Crippen LogP contribution in [-0.2, 0) is 22.9 Å². The molecule has 3 heterocycles. The zero-order valence-corrected chi connectivity index (χ0v) is 16.6.